The van der Waals surface area contributed by atoms with Crippen LogP contribution in [0.5, 0.6) is 0 Å². The highest BCUT2D eigenvalue weighted by Gasteiger charge is 2.14. The van der Waals surface area contributed by atoms with Gasteiger partial charge in [-0.2, -0.15) is 0 Å². The predicted octanol–water partition coefficient (Wildman–Crippen LogP) is 4.35. The van der Waals surface area contributed by atoms with Crippen molar-refractivity contribution < 1.29 is 4.11 Å². The molecular weight excluding hydrogens is 327 g/mol. The quantitative estimate of drug-likeness (QED) is 0.615. The van der Waals surface area contributed by atoms with Gasteiger partial charge in [-0.15, -0.1) is 0 Å². The van der Waals surface area contributed by atoms with Crippen LogP contribution in [0.2, 0.25) is 0 Å². The molecule has 0 unspecified atom stereocenters. The van der Waals surface area contributed by atoms with Gasteiger partial charge in [0.1, 0.15) is 0 Å². The van der Waals surface area contributed by atoms with Gasteiger partial charge in [0, 0.05) is 8.04 Å². The van der Waals surface area contributed by atoms with Crippen molar-refractivity contribution >= 4 is 38.5 Å². The minimum atomic E-state index is -0.246. The van der Waals surface area contributed by atoms with E-state index in [2.05, 4.69) is 15.9 Å². The summed E-state index contributed by atoms with van der Waals surface area (Å²) >= 11 is 5.23. The molecule has 1 aromatic carbocycles. The fourth-order valence-corrected chi connectivity index (χ4v) is 2.09. The Balaban J connectivity index is 3.68. The van der Waals surface area contributed by atoms with Crippen LogP contribution in [0, 0.1) is 3.57 Å². The van der Waals surface area contributed by atoms with Crippen molar-refractivity contribution in [2.24, 2.45) is 0 Å². The zero-order valence-electron chi connectivity index (χ0n) is 10.3. The van der Waals surface area contributed by atoms with Gasteiger partial charge in [-0.3, -0.25) is 0 Å². The second kappa shape index (κ2) is 3.66. The lowest BCUT2D eigenvalue weighted by Gasteiger charge is -2.19. The maximum atomic E-state index is 7.96. The molecule has 0 spiro atoms. The minimum Gasteiger partial charge on any atom is -0.0561 e. The molecule has 0 aliphatic rings. The second-order valence-corrected chi connectivity index (χ2v) is 5.50. The lowest BCUT2D eigenvalue weighted by atomic mass is 9.87. The van der Waals surface area contributed by atoms with Crippen LogP contribution >= 0.6 is 38.5 Å². The van der Waals surface area contributed by atoms with Crippen molar-refractivity contribution in [2.75, 3.05) is 0 Å². The number of halogens is 2. The van der Waals surface area contributed by atoms with Gasteiger partial charge in [-0.1, -0.05) is 36.7 Å². The van der Waals surface area contributed by atoms with Gasteiger partial charge in [0.05, 0.1) is 4.11 Å². The van der Waals surface area contributed by atoms with E-state index in [1.54, 1.807) is 0 Å². The number of hydrogen-bond donors (Lipinski definition) is 0. The summed E-state index contributed by atoms with van der Waals surface area (Å²) in [7, 11) is 0. The number of rotatable bonds is 0. The lowest BCUT2D eigenvalue weighted by Crippen LogP contribution is -2.11. The second-order valence-electron chi connectivity index (χ2n) is 3.63. The highest BCUT2D eigenvalue weighted by atomic mass is 127. The molecule has 0 aromatic heterocycles. The summed E-state index contributed by atoms with van der Waals surface area (Å²) in [5.41, 5.74) is 0.444. The molecule has 1 aromatic rings. The molecule has 66 valence electrons. The molecule has 0 aliphatic carbocycles. The predicted molar refractivity (Wildman–Crippen MR) is 65.6 cm³/mol. The molecule has 0 saturated heterocycles. The summed E-state index contributed by atoms with van der Waals surface area (Å²) < 4.78 is 24.7. The largest absolute Gasteiger partial charge is 0.0646 e. The first-order valence-electron chi connectivity index (χ1n) is 5.13. The first-order valence-corrected chi connectivity index (χ1v) is 5.50. The number of hydrogen-bond acceptors (Lipinski definition) is 0. The molecule has 0 bridgehead atoms. The third-order valence-corrected chi connectivity index (χ3v) is 2.37. The van der Waals surface area contributed by atoms with E-state index in [-0.39, 0.29) is 17.5 Å². The van der Waals surface area contributed by atoms with Crippen molar-refractivity contribution in [3.05, 3.63) is 31.7 Å². The van der Waals surface area contributed by atoms with Crippen LogP contribution in [0.1, 0.15) is 30.4 Å². The summed E-state index contributed by atoms with van der Waals surface area (Å²) in [5, 5.41) is 0. The highest BCUT2D eigenvalue weighted by Crippen LogP contribution is 2.27. The van der Waals surface area contributed by atoms with Gasteiger partial charge >= 0.3 is 0 Å². The SMILES string of the molecule is [2H]c1c(Br)c([2H])c(C(C)(C)C)c([2H])c1I. The molecule has 0 fully saturated rings. The Morgan fingerprint density at radius 3 is 2.42 bits per heavy atom. The minimum absolute atomic E-state index is 0.235. The van der Waals surface area contributed by atoms with Crippen LogP contribution in [-0.4, -0.2) is 0 Å². The first kappa shape index (κ1) is 6.82. The monoisotopic (exact) mass is 341 g/mol. The van der Waals surface area contributed by atoms with Gasteiger partial charge in [0.25, 0.3) is 0 Å². The molecule has 0 heterocycles. The average Bonchev–Trinajstić information content (AvgIpc) is 2.09. The van der Waals surface area contributed by atoms with E-state index < -0.39 is 0 Å². The third-order valence-electron chi connectivity index (χ3n) is 1.44. The van der Waals surface area contributed by atoms with E-state index in [0.29, 0.717) is 19.6 Å². The maximum Gasteiger partial charge on any atom is 0.0646 e. The Kier molecular flexibility index (Phi) is 2.08. The molecule has 0 N–H and O–H groups in total. The summed E-state index contributed by atoms with van der Waals surface area (Å²) in [4.78, 5) is 0. The van der Waals surface area contributed by atoms with E-state index in [0.717, 1.165) is 0 Å². The van der Waals surface area contributed by atoms with Crippen LogP contribution in [0.15, 0.2) is 22.6 Å². The zero-order chi connectivity index (χ0) is 12.0. The van der Waals surface area contributed by atoms with Crippen molar-refractivity contribution in [3.8, 4) is 0 Å². The van der Waals surface area contributed by atoms with Crippen LogP contribution in [0.4, 0.5) is 0 Å². The number of benzene rings is 1. The Hall–Kier alpha value is 0.430. The molecule has 2 heteroatoms. The normalized spacial score (nSPS) is 15.2. The van der Waals surface area contributed by atoms with Crippen LogP contribution in [0.3, 0.4) is 0 Å². The highest BCUT2D eigenvalue weighted by molar-refractivity contribution is 14.1. The lowest BCUT2D eigenvalue weighted by molar-refractivity contribution is 0.589. The van der Waals surface area contributed by atoms with Gasteiger partial charge < -0.3 is 0 Å². The smallest absolute Gasteiger partial charge is 0.0561 e. The van der Waals surface area contributed by atoms with Crippen molar-refractivity contribution in [2.45, 2.75) is 26.2 Å². The molecule has 0 radical (unpaired) electrons. The Bertz CT molecular complexity index is 381. The van der Waals surface area contributed by atoms with E-state index in [9.17, 15) is 0 Å². The standard InChI is InChI=1S/C10H12BrI/c1-10(2,3)7-4-8(11)6-9(12)5-7/h4-6H,1-3H3/i4D,5D,6D. The van der Waals surface area contributed by atoms with E-state index >= 15 is 0 Å². The van der Waals surface area contributed by atoms with Crippen molar-refractivity contribution in [3.63, 3.8) is 0 Å². The Morgan fingerprint density at radius 2 is 1.92 bits per heavy atom. The summed E-state index contributed by atoms with van der Waals surface area (Å²) in [6.07, 6.45) is 0. The fourth-order valence-electron chi connectivity index (χ4n) is 0.785. The molecule has 0 aliphatic heterocycles. The molecule has 0 saturated carbocycles. The maximum absolute atomic E-state index is 7.96. The molecule has 1 rings (SSSR count). The summed E-state index contributed by atoms with van der Waals surface area (Å²) in [5.74, 6) is 0. The van der Waals surface area contributed by atoms with Crippen LogP contribution in [-0.2, 0) is 5.41 Å². The first-order chi connectivity index (χ1) is 6.68. The van der Waals surface area contributed by atoms with Crippen LogP contribution < -0.4 is 0 Å². The van der Waals surface area contributed by atoms with E-state index in [4.69, 9.17) is 4.11 Å². The van der Waals surface area contributed by atoms with Crippen molar-refractivity contribution in [1.82, 2.24) is 0 Å². The third kappa shape index (κ3) is 2.73. The average molecular weight is 342 g/mol. The van der Waals surface area contributed by atoms with Crippen molar-refractivity contribution in [1.29, 1.82) is 0 Å². The fraction of sp³-hybridized carbons (Fsp3) is 0.400. The van der Waals surface area contributed by atoms with Gasteiger partial charge in [-0.05, 0) is 51.7 Å². The molecule has 0 atom stereocenters. The van der Waals surface area contributed by atoms with Gasteiger partial charge in [0.2, 0.25) is 0 Å². The zero-order valence-corrected chi connectivity index (χ0v) is 11.0. The Labute approximate surface area is 100 Å². The van der Waals surface area contributed by atoms with E-state index in [1.165, 1.54) is 0 Å². The Morgan fingerprint density at radius 1 is 1.33 bits per heavy atom. The van der Waals surface area contributed by atoms with Gasteiger partial charge in [0.15, 0.2) is 0 Å². The summed E-state index contributed by atoms with van der Waals surface area (Å²) in [6, 6.07) is 0.804. The topological polar surface area (TPSA) is 0 Å². The van der Waals surface area contributed by atoms with E-state index in [1.807, 2.05) is 43.4 Å². The molecule has 0 nitrogen and oxygen atoms in total. The molecule has 12 heavy (non-hydrogen) atoms. The molecular formula is C10H12BrI. The summed E-state index contributed by atoms with van der Waals surface area (Å²) in [6.45, 7) is 5.93. The molecule has 0 amide bonds. The van der Waals surface area contributed by atoms with Crippen LogP contribution in [0.25, 0.3) is 0 Å². The van der Waals surface area contributed by atoms with Gasteiger partial charge in [-0.25, -0.2) is 0 Å².